The van der Waals surface area contributed by atoms with Crippen molar-refractivity contribution in [1.29, 1.82) is 0 Å². The van der Waals surface area contributed by atoms with Crippen LogP contribution in [0.25, 0.3) is 0 Å². The van der Waals surface area contributed by atoms with Gasteiger partial charge in [-0.05, 0) is 30.2 Å². The van der Waals surface area contributed by atoms with E-state index in [1.165, 1.54) is 0 Å². The van der Waals surface area contributed by atoms with E-state index in [0.29, 0.717) is 0 Å². The Morgan fingerprint density at radius 3 is 2.36 bits per heavy atom. The minimum atomic E-state index is -1.35. The van der Waals surface area contributed by atoms with Gasteiger partial charge in [-0.1, -0.05) is 47.8 Å². The van der Waals surface area contributed by atoms with E-state index < -0.39 is 3.79 Å². The molecule has 1 N–H and O–H groups in total. The number of benzene rings is 1. The number of halogens is 3. The lowest BCUT2D eigenvalue weighted by atomic mass is 9.97. The summed E-state index contributed by atoms with van der Waals surface area (Å²) >= 11 is 17.4. The molecule has 1 nitrogen and oxygen atoms in total. The lowest BCUT2D eigenvalue weighted by Gasteiger charge is -2.22. The van der Waals surface area contributed by atoms with Crippen molar-refractivity contribution in [2.45, 2.75) is 23.6 Å². The maximum Gasteiger partial charge on any atom is 0.197 e. The number of aryl methyl sites for hydroxylation is 1. The second-order valence-corrected chi connectivity index (χ2v) is 5.67. The van der Waals surface area contributed by atoms with Crippen molar-refractivity contribution in [3.8, 4) is 5.75 Å². The topological polar surface area (TPSA) is 20.2 Å². The molecule has 14 heavy (non-hydrogen) atoms. The Morgan fingerprint density at radius 2 is 1.86 bits per heavy atom. The summed E-state index contributed by atoms with van der Waals surface area (Å²) in [6.45, 7) is 3.73. The monoisotopic (exact) mass is 252 g/mol. The second kappa shape index (κ2) is 4.18. The van der Waals surface area contributed by atoms with Gasteiger partial charge in [0.1, 0.15) is 5.75 Å². The summed E-state index contributed by atoms with van der Waals surface area (Å²) < 4.78 is -1.35. The molecule has 0 bridgehead atoms. The van der Waals surface area contributed by atoms with Gasteiger partial charge in [-0.3, -0.25) is 0 Å². The lowest BCUT2D eigenvalue weighted by Crippen LogP contribution is -2.14. The fourth-order valence-electron chi connectivity index (χ4n) is 1.27. The average molecular weight is 254 g/mol. The standard InChI is InChI=1S/C10H11Cl3O/c1-6-3-4-8(14)5-9(6)7(2)10(11,12)13/h3-5,7,14H,1-2H3. The van der Waals surface area contributed by atoms with Crippen LogP contribution >= 0.6 is 34.8 Å². The smallest absolute Gasteiger partial charge is 0.197 e. The summed E-state index contributed by atoms with van der Waals surface area (Å²) in [4.78, 5) is 0. The normalized spacial score (nSPS) is 14.1. The molecule has 0 fully saturated rings. The zero-order valence-electron chi connectivity index (χ0n) is 7.89. The van der Waals surface area contributed by atoms with Crippen molar-refractivity contribution in [2.24, 2.45) is 0 Å². The van der Waals surface area contributed by atoms with E-state index in [4.69, 9.17) is 34.8 Å². The molecule has 78 valence electrons. The van der Waals surface area contributed by atoms with Gasteiger partial charge >= 0.3 is 0 Å². The van der Waals surface area contributed by atoms with Gasteiger partial charge in [-0.2, -0.15) is 0 Å². The van der Waals surface area contributed by atoms with Crippen LogP contribution in [0.4, 0.5) is 0 Å². The predicted octanol–water partition coefficient (Wildman–Crippen LogP) is 4.17. The van der Waals surface area contributed by atoms with Gasteiger partial charge in [0, 0.05) is 5.92 Å². The molecule has 0 amide bonds. The van der Waals surface area contributed by atoms with Gasteiger partial charge in [-0.25, -0.2) is 0 Å². The lowest BCUT2D eigenvalue weighted by molar-refractivity contribution is 0.473. The Kier molecular flexibility index (Phi) is 3.57. The zero-order valence-corrected chi connectivity index (χ0v) is 10.2. The summed E-state index contributed by atoms with van der Waals surface area (Å²) in [6, 6.07) is 5.05. The highest BCUT2D eigenvalue weighted by Gasteiger charge is 2.30. The number of hydrogen-bond donors (Lipinski definition) is 1. The highest BCUT2D eigenvalue weighted by atomic mass is 35.6. The van der Waals surface area contributed by atoms with Gasteiger partial charge in [0.05, 0.1) is 0 Å². The predicted molar refractivity (Wildman–Crippen MR) is 61.5 cm³/mol. The van der Waals surface area contributed by atoms with Gasteiger partial charge < -0.3 is 5.11 Å². The Morgan fingerprint density at radius 1 is 1.29 bits per heavy atom. The molecule has 0 radical (unpaired) electrons. The average Bonchev–Trinajstić information content (AvgIpc) is 2.06. The number of rotatable bonds is 1. The van der Waals surface area contributed by atoms with Crippen molar-refractivity contribution >= 4 is 34.8 Å². The first-order valence-corrected chi connectivity index (χ1v) is 5.32. The molecule has 1 aromatic rings. The third kappa shape index (κ3) is 2.69. The fraction of sp³-hybridized carbons (Fsp3) is 0.400. The van der Waals surface area contributed by atoms with Gasteiger partial charge in [0.2, 0.25) is 0 Å². The Bertz CT molecular complexity index is 331. The molecule has 0 aliphatic carbocycles. The number of alkyl halides is 3. The molecule has 0 aromatic heterocycles. The summed E-state index contributed by atoms with van der Waals surface area (Å²) in [6.07, 6.45) is 0. The molecule has 0 aliphatic rings. The molecule has 1 rings (SSSR count). The molecule has 1 atom stereocenters. The molecule has 0 aliphatic heterocycles. The molecule has 0 saturated carbocycles. The van der Waals surface area contributed by atoms with Crippen LogP contribution in [0.2, 0.25) is 0 Å². The number of phenols is 1. The largest absolute Gasteiger partial charge is 0.508 e. The Hall–Kier alpha value is -0.110. The van der Waals surface area contributed by atoms with E-state index in [1.807, 2.05) is 13.8 Å². The zero-order chi connectivity index (χ0) is 10.9. The SMILES string of the molecule is Cc1ccc(O)cc1C(C)C(Cl)(Cl)Cl. The minimum Gasteiger partial charge on any atom is -0.508 e. The van der Waals surface area contributed by atoms with E-state index in [-0.39, 0.29) is 11.7 Å². The molecule has 1 aromatic carbocycles. The van der Waals surface area contributed by atoms with E-state index in [9.17, 15) is 5.11 Å². The van der Waals surface area contributed by atoms with Gasteiger partial charge in [-0.15, -0.1) is 0 Å². The van der Waals surface area contributed by atoms with Gasteiger partial charge in [0.25, 0.3) is 0 Å². The van der Waals surface area contributed by atoms with Crippen LogP contribution in [0.5, 0.6) is 5.75 Å². The summed E-state index contributed by atoms with van der Waals surface area (Å²) in [7, 11) is 0. The number of phenolic OH excluding ortho intramolecular Hbond substituents is 1. The molecular formula is C10H11Cl3O. The first-order chi connectivity index (χ1) is 6.32. The van der Waals surface area contributed by atoms with E-state index in [0.717, 1.165) is 11.1 Å². The quantitative estimate of drug-likeness (QED) is 0.745. The van der Waals surface area contributed by atoms with Crippen LogP contribution in [0.15, 0.2) is 18.2 Å². The Balaban J connectivity index is 3.12. The molecule has 0 spiro atoms. The summed E-state index contributed by atoms with van der Waals surface area (Å²) in [5, 5.41) is 9.32. The number of hydrogen-bond acceptors (Lipinski definition) is 1. The third-order valence-corrected chi connectivity index (χ3v) is 3.20. The van der Waals surface area contributed by atoms with Crippen LogP contribution in [-0.4, -0.2) is 8.90 Å². The number of aromatic hydroxyl groups is 1. The maximum absolute atomic E-state index is 9.32. The van der Waals surface area contributed by atoms with Crippen LogP contribution in [0, 0.1) is 6.92 Å². The molecule has 0 saturated heterocycles. The molecular weight excluding hydrogens is 242 g/mol. The molecule has 4 heteroatoms. The second-order valence-electron chi connectivity index (χ2n) is 3.30. The fourth-order valence-corrected chi connectivity index (χ4v) is 1.62. The van der Waals surface area contributed by atoms with Crippen molar-refractivity contribution in [2.75, 3.05) is 0 Å². The van der Waals surface area contributed by atoms with E-state index in [1.54, 1.807) is 18.2 Å². The highest BCUT2D eigenvalue weighted by Crippen LogP contribution is 2.42. The third-order valence-electron chi connectivity index (χ3n) is 2.22. The van der Waals surface area contributed by atoms with Crippen LogP contribution in [0.3, 0.4) is 0 Å². The molecule has 0 heterocycles. The maximum atomic E-state index is 9.32. The van der Waals surface area contributed by atoms with Gasteiger partial charge in [0.15, 0.2) is 3.79 Å². The molecule has 1 unspecified atom stereocenters. The summed E-state index contributed by atoms with van der Waals surface area (Å²) in [5.74, 6) is -0.0636. The van der Waals surface area contributed by atoms with E-state index >= 15 is 0 Å². The van der Waals surface area contributed by atoms with Crippen LogP contribution < -0.4 is 0 Å². The highest BCUT2D eigenvalue weighted by molar-refractivity contribution is 6.68. The summed E-state index contributed by atoms with van der Waals surface area (Å²) in [5.41, 5.74) is 1.85. The minimum absolute atomic E-state index is 0.187. The first-order valence-electron chi connectivity index (χ1n) is 4.18. The van der Waals surface area contributed by atoms with Crippen LogP contribution in [-0.2, 0) is 0 Å². The van der Waals surface area contributed by atoms with Crippen molar-refractivity contribution in [1.82, 2.24) is 0 Å². The van der Waals surface area contributed by atoms with Crippen molar-refractivity contribution in [3.63, 3.8) is 0 Å². The first kappa shape index (κ1) is 12.0. The van der Waals surface area contributed by atoms with E-state index in [2.05, 4.69) is 0 Å². The van der Waals surface area contributed by atoms with Crippen LogP contribution in [0.1, 0.15) is 24.0 Å². The van der Waals surface area contributed by atoms with Crippen molar-refractivity contribution < 1.29 is 5.11 Å². The van der Waals surface area contributed by atoms with Crippen molar-refractivity contribution in [3.05, 3.63) is 29.3 Å². The Labute approximate surface area is 98.6 Å².